The van der Waals surface area contributed by atoms with Crippen LogP contribution in [0.5, 0.6) is 0 Å². The van der Waals surface area contributed by atoms with Crippen LogP contribution in [-0.4, -0.2) is 18.9 Å². The summed E-state index contributed by atoms with van der Waals surface area (Å²) in [5.74, 6) is -0.418. The number of alkyl halides is 1. The van der Waals surface area contributed by atoms with E-state index < -0.39 is 5.38 Å². The van der Waals surface area contributed by atoms with Crippen molar-refractivity contribution in [2.75, 3.05) is 7.11 Å². The van der Waals surface area contributed by atoms with Crippen LogP contribution < -0.4 is 0 Å². The Bertz CT molecular complexity index is 440. The largest absolute Gasteiger partial charge is 0.469 e. The van der Waals surface area contributed by atoms with Gasteiger partial charge in [0, 0.05) is 0 Å². The summed E-state index contributed by atoms with van der Waals surface area (Å²) in [6.45, 7) is 3.33. The quantitative estimate of drug-likeness (QED) is 0.613. The molecule has 0 amide bonds. The first-order valence-electron chi connectivity index (χ1n) is 5.26. The highest BCUT2D eigenvalue weighted by Crippen LogP contribution is 2.26. The van der Waals surface area contributed by atoms with Crippen LogP contribution >= 0.6 is 11.6 Å². The number of benzene rings is 1. The van der Waals surface area contributed by atoms with Gasteiger partial charge in [0.25, 0.3) is 0 Å². The molecule has 0 bridgehead atoms. The molecular weight excluding hydrogens is 240 g/mol. The van der Waals surface area contributed by atoms with E-state index in [1.54, 1.807) is 6.07 Å². The van der Waals surface area contributed by atoms with Crippen LogP contribution in [0.25, 0.3) is 0 Å². The van der Waals surface area contributed by atoms with Crippen molar-refractivity contribution in [1.29, 1.82) is 0 Å². The summed E-state index contributed by atoms with van der Waals surface area (Å²) in [5, 5.41) is -0.660. The molecule has 0 saturated carbocycles. The maximum atomic E-state index is 11.3. The molecule has 0 heterocycles. The van der Waals surface area contributed by atoms with E-state index in [0.29, 0.717) is 0 Å². The van der Waals surface area contributed by atoms with Crippen LogP contribution in [-0.2, 0) is 20.7 Å². The zero-order valence-corrected chi connectivity index (χ0v) is 10.9. The van der Waals surface area contributed by atoms with Crippen molar-refractivity contribution >= 4 is 23.4 Å². The molecule has 1 aromatic carbocycles. The smallest absolute Gasteiger partial charge is 0.309 e. The summed E-state index contributed by atoms with van der Waals surface area (Å²) in [7, 11) is 1.34. The second kappa shape index (κ2) is 5.82. The highest BCUT2D eigenvalue weighted by Gasteiger charge is 2.16. The normalized spacial score (nSPS) is 12.0. The van der Waals surface area contributed by atoms with Crippen LogP contribution in [0.15, 0.2) is 18.2 Å². The molecule has 1 atom stereocenters. The summed E-state index contributed by atoms with van der Waals surface area (Å²) in [4.78, 5) is 22.4. The molecule has 0 aliphatic heterocycles. The molecule has 0 fully saturated rings. The van der Waals surface area contributed by atoms with Gasteiger partial charge in [-0.15, -0.1) is 11.6 Å². The number of halogens is 1. The molecule has 0 aromatic heterocycles. The Kier molecular flexibility index (Phi) is 4.70. The van der Waals surface area contributed by atoms with Gasteiger partial charge in [0.2, 0.25) is 0 Å². The standard InChI is InChI=1S/C13H15ClO3/c1-8-4-5-10(7-12(16)17-3)6-11(8)13(14)9(2)15/h4-6,13H,7H2,1-3H3. The summed E-state index contributed by atoms with van der Waals surface area (Å²) < 4.78 is 4.59. The van der Waals surface area contributed by atoms with Gasteiger partial charge in [0.05, 0.1) is 13.5 Å². The molecule has 0 radical (unpaired) electrons. The van der Waals surface area contributed by atoms with Crippen LogP contribution in [0.4, 0.5) is 0 Å². The van der Waals surface area contributed by atoms with Crippen molar-refractivity contribution in [2.24, 2.45) is 0 Å². The predicted molar refractivity (Wildman–Crippen MR) is 66.2 cm³/mol. The first kappa shape index (κ1) is 13.7. The fourth-order valence-corrected chi connectivity index (χ4v) is 1.77. The maximum absolute atomic E-state index is 11.3. The van der Waals surface area contributed by atoms with Gasteiger partial charge in [-0.1, -0.05) is 18.2 Å². The van der Waals surface area contributed by atoms with Gasteiger partial charge in [0.15, 0.2) is 5.78 Å². The lowest BCUT2D eigenvalue weighted by atomic mass is 9.99. The van der Waals surface area contributed by atoms with E-state index >= 15 is 0 Å². The third-order valence-corrected chi connectivity index (χ3v) is 3.09. The highest BCUT2D eigenvalue weighted by atomic mass is 35.5. The van der Waals surface area contributed by atoms with Crippen molar-refractivity contribution < 1.29 is 14.3 Å². The van der Waals surface area contributed by atoms with E-state index in [1.807, 2.05) is 19.1 Å². The van der Waals surface area contributed by atoms with Gasteiger partial charge >= 0.3 is 5.97 Å². The SMILES string of the molecule is COC(=O)Cc1ccc(C)c(C(Cl)C(C)=O)c1. The molecule has 0 N–H and O–H groups in total. The average molecular weight is 255 g/mol. The van der Waals surface area contributed by atoms with Crippen LogP contribution in [0, 0.1) is 6.92 Å². The molecule has 92 valence electrons. The van der Waals surface area contributed by atoms with Crippen molar-refractivity contribution in [2.45, 2.75) is 25.6 Å². The van der Waals surface area contributed by atoms with Crippen molar-refractivity contribution in [1.82, 2.24) is 0 Å². The topological polar surface area (TPSA) is 43.4 Å². The van der Waals surface area contributed by atoms with Gasteiger partial charge in [-0.2, -0.15) is 0 Å². The van der Waals surface area contributed by atoms with E-state index in [0.717, 1.165) is 16.7 Å². The van der Waals surface area contributed by atoms with E-state index in [-0.39, 0.29) is 18.2 Å². The lowest BCUT2D eigenvalue weighted by molar-refractivity contribution is -0.139. The molecular formula is C13H15ClO3. The van der Waals surface area contributed by atoms with E-state index in [4.69, 9.17) is 11.6 Å². The van der Waals surface area contributed by atoms with Gasteiger partial charge in [-0.25, -0.2) is 0 Å². The van der Waals surface area contributed by atoms with E-state index in [2.05, 4.69) is 4.74 Å². The molecule has 0 saturated heterocycles. The molecule has 1 aromatic rings. The second-order valence-electron chi connectivity index (χ2n) is 3.92. The molecule has 0 spiro atoms. The lowest BCUT2D eigenvalue weighted by Crippen LogP contribution is -2.08. The predicted octanol–water partition coefficient (Wildman–Crippen LogP) is 2.58. The molecule has 0 aliphatic carbocycles. The Hall–Kier alpha value is -1.35. The summed E-state index contributed by atoms with van der Waals surface area (Å²) in [6.07, 6.45) is 0.186. The molecule has 1 rings (SSSR count). The van der Waals surface area contributed by atoms with Crippen LogP contribution in [0.1, 0.15) is 29.0 Å². The highest BCUT2D eigenvalue weighted by molar-refractivity contribution is 6.30. The monoisotopic (exact) mass is 254 g/mol. The lowest BCUT2D eigenvalue weighted by Gasteiger charge is -2.11. The number of esters is 1. The molecule has 17 heavy (non-hydrogen) atoms. The van der Waals surface area contributed by atoms with Gasteiger partial charge in [-0.3, -0.25) is 9.59 Å². The fourth-order valence-electron chi connectivity index (χ4n) is 1.53. The number of rotatable bonds is 4. The Balaban J connectivity index is 3.02. The van der Waals surface area contributed by atoms with Gasteiger partial charge in [0.1, 0.15) is 5.38 Å². The van der Waals surface area contributed by atoms with Gasteiger partial charge < -0.3 is 4.74 Å². The Labute approximate surface area is 106 Å². The number of Topliss-reactive ketones (excluding diaryl/α,β-unsaturated/α-hetero) is 1. The van der Waals surface area contributed by atoms with E-state index in [1.165, 1.54) is 14.0 Å². The third kappa shape index (κ3) is 3.56. The number of carbonyl (C=O) groups excluding carboxylic acids is 2. The second-order valence-corrected chi connectivity index (χ2v) is 4.35. The van der Waals surface area contributed by atoms with Crippen molar-refractivity contribution in [3.8, 4) is 0 Å². The third-order valence-electron chi connectivity index (χ3n) is 2.55. The fraction of sp³-hybridized carbons (Fsp3) is 0.385. The number of methoxy groups -OCH3 is 1. The molecule has 3 nitrogen and oxygen atoms in total. The number of ketones is 1. The molecule has 1 unspecified atom stereocenters. The van der Waals surface area contributed by atoms with Crippen molar-refractivity contribution in [3.05, 3.63) is 34.9 Å². The maximum Gasteiger partial charge on any atom is 0.309 e. The minimum atomic E-state index is -0.660. The van der Waals surface area contributed by atoms with E-state index in [9.17, 15) is 9.59 Å². The van der Waals surface area contributed by atoms with Crippen LogP contribution in [0.3, 0.4) is 0 Å². The summed E-state index contributed by atoms with van der Waals surface area (Å²) in [5.41, 5.74) is 2.48. The Morgan fingerprint density at radius 2 is 2.06 bits per heavy atom. The summed E-state index contributed by atoms with van der Waals surface area (Å²) >= 11 is 6.02. The first-order chi connectivity index (χ1) is 7.95. The molecule has 0 aliphatic rings. The zero-order chi connectivity index (χ0) is 13.0. The Morgan fingerprint density at radius 1 is 1.41 bits per heavy atom. The zero-order valence-electron chi connectivity index (χ0n) is 10.1. The van der Waals surface area contributed by atoms with Crippen molar-refractivity contribution in [3.63, 3.8) is 0 Å². The average Bonchev–Trinajstić information content (AvgIpc) is 2.30. The number of carbonyl (C=O) groups is 2. The number of aryl methyl sites for hydroxylation is 1. The first-order valence-corrected chi connectivity index (χ1v) is 5.70. The number of hydrogen-bond donors (Lipinski definition) is 0. The summed E-state index contributed by atoms with van der Waals surface area (Å²) in [6, 6.07) is 5.47. The minimum absolute atomic E-state index is 0.106. The number of ether oxygens (including phenoxy) is 1. The van der Waals surface area contributed by atoms with Gasteiger partial charge in [-0.05, 0) is 30.5 Å². The number of hydrogen-bond acceptors (Lipinski definition) is 3. The van der Waals surface area contributed by atoms with Crippen LogP contribution in [0.2, 0.25) is 0 Å². The Morgan fingerprint density at radius 3 is 2.59 bits per heavy atom. The molecule has 4 heteroatoms. The minimum Gasteiger partial charge on any atom is -0.469 e.